The average Bonchev–Trinajstić information content (AvgIpc) is 2.88. The molecule has 2 nitrogen and oxygen atoms in total. The van der Waals surface area contributed by atoms with Crippen molar-refractivity contribution in [3.05, 3.63) is 45.8 Å². The van der Waals surface area contributed by atoms with Gasteiger partial charge in [0.1, 0.15) is 10.9 Å². The lowest BCUT2D eigenvalue weighted by atomic mass is 10.1. The second-order valence-electron chi connectivity index (χ2n) is 4.27. The molecule has 0 aliphatic rings. The third-order valence-corrected chi connectivity index (χ3v) is 4.11. The highest BCUT2D eigenvalue weighted by molar-refractivity contribution is 7.16. The molecule has 1 aromatic heterocycles. The first-order valence-electron chi connectivity index (χ1n) is 6.24. The van der Waals surface area contributed by atoms with Crippen molar-refractivity contribution < 1.29 is 0 Å². The van der Waals surface area contributed by atoms with E-state index in [1.54, 1.807) is 0 Å². The van der Waals surface area contributed by atoms with Crippen molar-refractivity contribution in [3.63, 3.8) is 0 Å². The fourth-order valence-corrected chi connectivity index (χ4v) is 3.02. The lowest BCUT2D eigenvalue weighted by Crippen LogP contribution is -2.13. The smallest absolute Gasteiger partial charge is 0.110 e. The Hall–Kier alpha value is -1.34. The lowest BCUT2D eigenvalue weighted by molar-refractivity contribution is 0.675. The zero-order valence-electron chi connectivity index (χ0n) is 10.7. The molecular weight excluding hydrogens is 276 g/mol. The van der Waals surface area contributed by atoms with E-state index in [4.69, 9.17) is 16.9 Å². The number of halogens is 1. The Labute approximate surface area is 122 Å². The van der Waals surface area contributed by atoms with Gasteiger partial charge in [0.05, 0.1) is 0 Å². The first-order chi connectivity index (χ1) is 9.24. The number of hydrogen-bond acceptors (Lipinski definition) is 3. The van der Waals surface area contributed by atoms with Gasteiger partial charge in [0, 0.05) is 22.0 Å². The molecule has 19 heavy (non-hydrogen) atoms. The molecule has 0 saturated carbocycles. The third kappa shape index (κ3) is 3.57. The Kier molecular flexibility index (Phi) is 4.98. The van der Waals surface area contributed by atoms with Gasteiger partial charge < -0.3 is 5.32 Å². The normalized spacial score (nSPS) is 10.4. The Morgan fingerprint density at radius 2 is 2.16 bits per heavy atom. The van der Waals surface area contributed by atoms with E-state index in [2.05, 4.69) is 24.4 Å². The number of nitriles is 1. The highest BCUT2D eigenvalue weighted by atomic mass is 35.5. The van der Waals surface area contributed by atoms with E-state index in [9.17, 15) is 0 Å². The standard InChI is InChI=1S/C15H15ClN2S/c1-2-7-18-10-11-3-5-13(14(16)8-11)15-6-4-12(9-17)19-15/h3-6,8,18H,2,7,10H2,1H3. The van der Waals surface area contributed by atoms with Crippen LogP contribution in [0.4, 0.5) is 0 Å². The van der Waals surface area contributed by atoms with Gasteiger partial charge in [0.25, 0.3) is 0 Å². The van der Waals surface area contributed by atoms with Gasteiger partial charge in [-0.05, 0) is 36.7 Å². The van der Waals surface area contributed by atoms with Crippen LogP contribution in [0.3, 0.4) is 0 Å². The third-order valence-electron chi connectivity index (χ3n) is 2.77. The predicted molar refractivity (Wildman–Crippen MR) is 81.5 cm³/mol. The summed E-state index contributed by atoms with van der Waals surface area (Å²) in [4.78, 5) is 1.74. The average molecular weight is 291 g/mol. The van der Waals surface area contributed by atoms with Crippen LogP contribution in [0.5, 0.6) is 0 Å². The minimum atomic E-state index is 0.708. The molecule has 0 unspecified atom stereocenters. The van der Waals surface area contributed by atoms with Crippen LogP contribution in [0.1, 0.15) is 23.8 Å². The van der Waals surface area contributed by atoms with Crippen LogP contribution in [0.2, 0.25) is 5.02 Å². The van der Waals surface area contributed by atoms with Gasteiger partial charge in [-0.25, -0.2) is 0 Å². The van der Waals surface area contributed by atoms with Gasteiger partial charge in [-0.1, -0.05) is 30.7 Å². The van der Waals surface area contributed by atoms with E-state index in [0.29, 0.717) is 4.88 Å². The molecule has 0 bridgehead atoms. The second-order valence-corrected chi connectivity index (χ2v) is 5.76. The van der Waals surface area contributed by atoms with E-state index < -0.39 is 0 Å². The van der Waals surface area contributed by atoms with Crippen LogP contribution in [0.25, 0.3) is 10.4 Å². The molecule has 0 aliphatic heterocycles. The highest BCUT2D eigenvalue weighted by Crippen LogP contribution is 2.33. The fourth-order valence-electron chi connectivity index (χ4n) is 1.82. The van der Waals surface area contributed by atoms with Crippen LogP contribution >= 0.6 is 22.9 Å². The summed E-state index contributed by atoms with van der Waals surface area (Å²) in [5.74, 6) is 0. The molecule has 1 N–H and O–H groups in total. The van der Waals surface area contributed by atoms with Crippen LogP contribution in [-0.4, -0.2) is 6.54 Å². The number of nitrogens with one attached hydrogen (secondary N) is 1. The molecule has 0 aliphatic carbocycles. The first kappa shape index (κ1) is 14.1. The molecular formula is C15H15ClN2S. The Balaban J connectivity index is 2.17. The number of benzene rings is 1. The van der Waals surface area contributed by atoms with Crippen molar-refractivity contribution in [1.82, 2.24) is 5.32 Å². The number of hydrogen-bond donors (Lipinski definition) is 1. The predicted octanol–water partition coefficient (Wildman–Crippen LogP) is 4.44. The first-order valence-corrected chi connectivity index (χ1v) is 7.43. The van der Waals surface area contributed by atoms with E-state index in [-0.39, 0.29) is 0 Å². The van der Waals surface area contributed by atoms with Crippen LogP contribution in [0, 0.1) is 11.3 Å². The SMILES string of the molecule is CCCNCc1ccc(-c2ccc(C#N)s2)c(Cl)c1. The fraction of sp³-hybridized carbons (Fsp3) is 0.267. The Morgan fingerprint density at radius 1 is 1.32 bits per heavy atom. The molecule has 2 aromatic rings. The maximum atomic E-state index is 8.85. The maximum absolute atomic E-state index is 8.85. The van der Waals surface area contributed by atoms with E-state index in [1.165, 1.54) is 16.9 Å². The molecule has 0 radical (unpaired) electrons. The monoisotopic (exact) mass is 290 g/mol. The van der Waals surface area contributed by atoms with Crippen molar-refractivity contribution in [1.29, 1.82) is 5.26 Å². The summed E-state index contributed by atoms with van der Waals surface area (Å²) in [6.07, 6.45) is 1.12. The molecule has 1 heterocycles. The molecule has 1 aromatic carbocycles. The molecule has 0 spiro atoms. The van der Waals surface area contributed by atoms with E-state index in [0.717, 1.165) is 35.0 Å². The van der Waals surface area contributed by atoms with Crippen molar-refractivity contribution in [2.75, 3.05) is 6.54 Å². The van der Waals surface area contributed by atoms with Crippen LogP contribution < -0.4 is 5.32 Å². The van der Waals surface area contributed by atoms with Gasteiger partial charge in [-0.2, -0.15) is 5.26 Å². The van der Waals surface area contributed by atoms with Crippen molar-refractivity contribution >= 4 is 22.9 Å². The highest BCUT2D eigenvalue weighted by Gasteiger charge is 2.07. The van der Waals surface area contributed by atoms with Crippen molar-refractivity contribution in [2.24, 2.45) is 0 Å². The molecule has 2 rings (SSSR count). The molecule has 0 fully saturated rings. The summed E-state index contributed by atoms with van der Waals surface area (Å²) >= 11 is 7.79. The van der Waals surface area contributed by atoms with Gasteiger partial charge in [-0.15, -0.1) is 11.3 Å². The van der Waals surface area contributed by atoms with Crippen LogP contribution in [0.15, 0.2) is 30.3 Å². The Bertz CT molecular complexity index is 598. The summed E-state index contributed by atoms with van der Waals surface area (Å²) in [6.45, 7) is 3.99. The van der Waals surface area contributed by atoms with Crippen molar-refractivity contribution in [2.45, 2.75) is 19.9 Å². The lowest BCUT2D eigenvalue weighted by Gasteiger charge is -2.06. The molecule has 0 atom stereocenters. The van der Waals surface area contributed by atoms with Crippen LogP contribution in [-0.2, 0) is 6.54 Å². The quantitative estimate of drug-likeness (QED) is 0.826. The van der Waals surface area contributed by atoms with Gasteiger partial charge >= 0.3 is 0 Å². The maximum Gasteiger partial charge on any atom is 0.110 e. The van der Waals surface area contributed by atoms with Crippen molar-refractivity contribution in [3.8, 4) is 16.5 Å². The number of nitrogens with zero attached hydrogens (tertiary/aromatic N) is 1. The summed E-state index contributed by atoms with van der Waals surface area (Å²) in [5.41, 5.74) is 2.17. The zero-order valence-corrected chi connectivity index (χ0v) is 12.3. The minimum absolute atomic E-state index is 0.708. The van der Waals surface area contributed by atoms with E-state index in [1.807, 2.05) is 24.3 Å². The second kappa shape index (κ2) is 6.72. The topological polar surface area (TPSA) is 35.8 Å². The molecule has 4 heteroatoms. The summed E-state index contributed by atoms with van der Waals surface area (Å²) in [7, 11) is 0. The minimum Gasteiger partial charge on any atom is -0.313 e. The largest absolute Gasteiger partial charge is 0.313 e. The molecule has 0 amide bonds. The molecule has 0 saturated heterocycles. The van der Waals surface area contributed by atoms with Gasteiger partial charge in [-0.3, -0.25) is 0 Å². The number of rotatable bonds is 5. The summed E-state index contributed by atoms with van der Waals surface area (Å²) in [6, 6.07) is 12.0. The summed E-state index contributed by atoms with van der Waals surface area (Å²) in [5, 5.41) is 12.9. The van der Waals surface area contributed by atoms with Gasteiger partial charge in [0.2, 0.25) is 0 Å². The van der Waals surface area contributed by atoms with Gasteiger partial charge in [0.15, 0.2) is 0 Å². The zero-order chi connectivity index (χ0) is 13.7. The summed E-state index contributed by atoms with van der Waals surface area (Å²) < 4.78 is 0. The number of thiophene rings is 1. The Morgan fingerprint density at radius 3 is 2.79 bits per heavy atom. The molecule has 98 valence electrons. The van der Waals surface area contributed by atoms with E-state index >= 15 is 0 Å².